The minimum Gasteiger partial charge on any atom is -0.595 e. The van der Waals surface area contributed by atoms with Crippen molar-refractivity contribution < 1.29 is 28.4 Å². The van der Waals surface area contributed by atoms with Crippen LogP contribution >= 0.6 is 0 Å². The number of carbonyl (C=O) groups excluding carboxylic acids is 1. The SMILES string of the molecule is COC(=O)[C@H]1[C@H](c2ccc([NH+]([O-])O)cc2)N1S(=O)(=O)c1ccc(C)cc1. The molecule has 2 unspecified atom stereocenters. The summed E-state index contributed by atoms with van der Waals surface area (Å²) in [5.74, 6) is -0.659. The molecular formula is C17H18N2O6S. The van der Waals surface area contributed by atoms with Gasteiger partial charge in [-0.3, -0.25) is 4.79 Å². The van der Waals surface area contributed by atoms with Crippen molar-refractivity contribution in [1.82, 2.24) is 4.31 Å². The summed E-state index contributed by atoms with van der Waals surface area (Å²) >= 11 is 0. The van der Waals surface area contributed by atoms with Crippen LogP contribution < -0.4 is 5.23 Å². The van der Waals surface area contributed by atoms with E-state index in [0.29, 0.717) is 5.56 Å². The van der Waals surface area contributed by atoms with Crippen LogP contribution in [0.1, 0.15) is 17.2 Å². The average Bonchev–Trinajstić information content (AvgIpc) is 3.38. The molecule has 0 aromatic heterocycles. The van der Waals surface area contributed by atoms with Crippen LogP contribution in [0.5, 0.6) is 0 Å². The van der Waals surface area contributed by atoms with Gasteiger partial charge in [0.2, 0.25) is 10.0 Å². The van der Waals surface area contributed by atoms with Gasteiger partial charge in [0.05, 0.1) is 18.0 Å². The Labute approximate surface area is 150 Å². The lowest BCUT2D eigenvalue weighted by Crippen LogP contribution is -2.99. The Hall–Kier alpha value is -2.30. The second-order valence-electron chi connectivity index (χ2n) is 5.99. The third kappa shape index (κ3) is 3.22. The lowest BCUT2D eigenvalue weighted by Gasteiger charge is -2.11. The molecule has 9 heteroatoms. The number of aryl methyl sites for hydroxylation is 1. The molecule has 138 valence electrons. The summed E-state index contributed by atoms with van der Waals surface area (Å²) in [6.45, 7) is 1.85. The van der Waals surface area contributed by atoms with Gasteiger partial charge in [-0.05, 0) is 24.6 Å². The van der Waals surface area contributed by atoms with Gasteiger partial charge in [0, 0.05) is 12.1 Å². The van der Waals surface area contributed by atoms with Crippen molar-refractivity contribution in [2.45, 2.75) is 23.9 Å². The number of esters is 1. The molecule has 0 bridgehead atoms. The second kappa shape index (κ2) is 6.78. The molecule has 1 aliphatic rings. The smallest absolute Gasteiger partial charge is 0.326 e. The normalized spacial score (nSPS) is 23.3. The Bertz CT molecular complexity index is 909. The number of hydrogen-bond acceptors (Lipinski definition) is 6. The topological polar surface area (TPSA) is 111 Å². The summed E-state index contributed by atoms with van der Waals surface area (Å²) in [4.78, 5) is 12.1. The fourth-order valence-corrected chi connectivity index (χ4v) is 4.55. The molecule has 1 aliphatic heterocycles. The molecule has 0 saturated carbocycles. The van der Waals surface area contributed by atoms with Crippen LogP contribution in [-0.4, -0.2) is 37.1 Å². The summed E-state index contributed by atoms with van der Waals surface area (Å²) in [7, 11) is -2.70. The van der Waals surface area contributed by atoms with Crippen molar-refractivity contribution in [3.63, 3.8) is 0 Å². The molecule has 0 aliphatic carbocycles. The fraction of sp³-hybridized carbons (Fsp3) is 0.235. The highest BCUT2D eigenvalue weighted by Gasteiger charge is 2.61. The number of ether oxygens (including phenoxy) is 1. The second-order valence-corrected chi connectivity index (χ2v) is 7.83. The van der Waals surface area contributed by atoms with Crippen molar-refractivity contribution in [1.29, 1.82) is 0 Å². The number of methoxy groups -OCH3 is 1. The molecule has 2 aromatic carbocycles. The van der Waals surface area contributed by atoms with E-state index in [9.17, 15) is 18.4 Å². The quantitative estimate of drug-likeness (QED) is 0.450. The number of quaternary nitrogens is 1. The predicted octanol–water partition coefficient (Wildman–Crippen LogP) is 0.686. The minimum atomic E-state index is -3.89. The summed E-state index contributed by atoms with van der Waals surface area (Å²) < 4.78 is 31.7. The van der Waals surface area contributed by atoms with Gasteiger partial charge in [0.25, 0.3) is 0 Å². The molecular weight excluding hydrogens is 360 g/mol. The number of sulfonamides is 1. The number of carbonyl (C=O) groups is 1. The molecule has 0 spiro atoms. The van der Waals surface area contributed by atoms with E-state index < -0.39 is 33.3 Å². The Morgan fingerprint density at radius 3 is 2.23 bits per heavy atom. The van der Waals surface area contributed by atoms with Crippen LogP contribution in [0.4, 0.5) is 5.69 Å². The minimum absolute atomic E-state index is 0.0805. The predicted molar refractivity (Wildman–Crippen MR) is 91.0 cm³/mol. The van der Waals surface area contributed by atoms with E-state index in [2.05, 4.69) is 0 Å². The maximum atomic E-state index is 12.9. The molecule has 1 fully saturated rings. The van der Waals surface area contributed by atoms with Crippen molar-refractivity contribution in [3.05, 3.63) is 64.9 Å². The molecule has 0 radical (unpaired) electrons. The first kappa shape index (κ1) is 18.5. The van der Waals surface area contributed by atoms with Crippen molar-refractivity contribution >= 4 is 21.7 Å². The van der Waals surface area contributed by atoms with E-state index in [1.165, 1.54) is 43.5 Å². The summed E-state index contributed by atoms with van der Waals surface area (Å²) in [6.07, 6.45) is 0. The Morgan fingerprint density at radius 2 is 1.73 bits per heavy atom. The Kier molecular flexibility index (Phi) is 4.82. The van der Waals surface area contributed by atoms with Crippen molar-refractivity contribution in [2.24, 2.45) is 0 Å². The van der Waals surface area contributed by atoms with Gasteiger partial charge in [-0.15, -0.1) is 0 Å². The zero-order chi connectivity index (χ0) is 19.1. The van der Waals surface area contributed by atoms with Crippen LogP contribution in [0.25, 0.3) is 0 Å². The van der Waals surface area contributed by atoms with Gasteiger partial charge in [-0.2, -0.15) is 9.53 Å². The van der Waals surface area contributed by atoms with Crippen LogP contribution in [0, 0.1) is 12.1 Å². The number of hydrogen-bond donors (Lipinski definition) is 2. The molecule has 2 N–H and O–H groups in total. The van der Waals surface area contributed by atoms with Crippen molar-refractivity contribution in [3.8, 4) is 0 Å². The van der Waals surface area contributed by atoms with Crippen LogP contribution in [0.15, 0.2) is 53.4 Å². The van der Waals surface area contributed by atoms with Gasteiger partial charge < -0.3 is 9.94 Å². The molecule has 0 amide bonds. The lowest BCUT2D eigenvalue weighted by molar-refractivity contribution is -0.991. The first-order valence-corrected chi connectivity index (χ1v) is 9.22. The third-order valence-corrected chi connectivity index (χ3v) is 6.17. The van der Waals surface area contributed by atoms with Crippen LogP contribution in [-0.2, 0) is 19.6 Å². The van der Waals surface area contributed by atoms with E-state index in [1.54, 1.807) is 12.1 Å². The number of benzene rings is 2. The molecule has 8 nitrogen and oxygen atoms in total. The van der Waals surface area contributed by atoms with E-state index in [1.807, 2.05) is 6.92 Å². The standard InChI is InChI=1S/C17H18N2O6S/c1-11-3-9-14(10-4-11)26(23,24)18-15(16(18)17(20)25-2)12-5-7-13(8-6-12)19(21)22/h3-10,15-16,19,21H,1-2H3/t15-,16+,18?/m0/s1. The van der Waals surface area contributed by atoms with E-state index in [4.69, 9.17) is 9.94 Å². The molecule has 3 rings (SSSR count). The van der Waals surface area contributed by atoms with Gasteiger partial charge in [0.15, 0.2) is 5.69 Å². The third-order valence-electron chi connectivity index (χ3n) is 4.30. The maximum Gasteiger partial charge on any atom is 0.326 e. The van der Waals surface area contributed by atoms with Gasteiger partial charge in [-0.25, -0.2) is 13.6 Å². The van der Waals surface area contributed by atoms with E-state index in [-0.39, 0.29) is 10.6 Å². The molecule has 4 atom stereocenters. The maximum absolute atomic E-state index is 12.9. The average molecular weight is 378 g/mol. The van der Waals surface area contributed by atoms with Gasteiger partial charge >= 0.3 is 5.97 Å². The van der Waals surface area contributed by atoms with Crippen LogP contribution in [0.2, 0.25) is 0 Å². The largest absolute Gasteiger partial charge is 0.595 e. The summed E-state index contributed by atoms with van der Waals surface area (Å²) in [5, 5.41) is 18.9. The zero-order valence-electron chi connectivity index (χ0n) is 14.1. The first-order valence-electron chi connectivity index (χ1n) is 7.78. The number of nitrogens with zero attached hydrogens (tertiary/aromatic N) is 1. The van der Waals surface area contributed by atoms with Gasteiger partial charge in [0.1, 0.15) is 6.04 Å². The van der Waals surface area contributed by atoms with Gasteiger partial charge in [-0.1, -0.05) is 29.8 Å². The fourth-order valence-electron chi connectivity index (χ4n) is 2.85. The van der Waals surface area contributed by atoms with Crippen LogP contribution in [0.3, 0.4) is 0 Å². The molecule has 1 heterocycles. The Balaban J connectivity index is 1.96. The highest BCUT2D eigenvalue weighted by molar-refractivity contribution is 7.89. The Morgan fingerprint density at radius 1 is 1.15 bits per heavy atom. The summed E-state index contributed by atoms with van der Waals surface area (Å²) in [6, 6.07) is 10.4. The highest BCUT2D eigenvalue weighted by atomic mass is 32.2. The lowest BCUT2D eigenvalue weighted by atomic mass is 10.1. The zero-order valence-corrected chi connectivity index (χ0v) is 14.9. The molecule has 26 heavy (non-hydrogen) atoms. The van der Waals surface area contributed by atoms with Crippen molar-refractivity contribution in [2.75, 3.05) is 7.11 Å². The molecule has 1 saturated heterocycles. The van der Waals surface area contributed by atoms with E-state index in [0.717, 1.165) is 9.87 Å². The molecule has 2 aromatic rings. The first-order chi connectivity index (χ1) is 12.3. The number of rotatable bonds is 5. The monoisotopic (exact) mass is 378 g/mol. The summed E-state index contributed by atoms with van der Waals surface area (Å²) in [5.41, 5.74) is 1.53. The van der Waals surface area contributed by atoms with E-state index >= 15 is 0 Å². The number of nitrogens with one attached hydrogen (secondary N) is 1. The highest BCUT2D eigenvalue weighted by Crippen LogP contribution is 2.48.